The molecule has 2 aromatic carbocycles. The van der Waals surface area contributed by atoms with Crippen molar-refractivity contribution in [1.29, 1.82) is 0 Å². The van der Waals surface area contributed by atoms with E-state index in [1.165, 1.54) is 32.7 Å². The number of alkyl halides is 1. The molecule has 1 amide bonds. The number of benzene rings is 2. The van der Waals surface area contributed by atoms with Crippen LogP contribution in [0.15, 0.2) is 48.7 Å². The van der Waals surface area contributed by atoms with E-state index in [1.807, 2.05) is 33.0 Å². The van der Waals surface area contributed by atoms with Gasteiger partial charge in [-0.2, -0.15) is 0 Å². The molecule has 0 unspecified atom stereocenters. The van der Waals surface area contributed by atoms with Gasteiger partial charge in [0.25, 0.3) is 0 Å². The van der Waals surface area contributed by atoms with Crippen LogP contribution in [0.1, 0.15) is 50.4 Å². The van der Waals surface area contributed by atoms with Crippen molar-refractivity contribution in [2.75, 3.05) is 36.4 Å². The van der Waals surface area contributed by atoms with Crippen molar-refractivity contribution >= 4 is 28.4 Å². The summed E-state index contributed by atoms with van der Waals surface area (Å²) in [5.41, 5.74) is 6.42. The number of hydrogen-bond acceptors (Lipinski definition) is 6. The van der Waals surface area contributed by atoms with Gasteiger partial charge in [0.1, 0.15) is 11.8 Å². The third kappa shape index (κ3) is 4.91. The Balaban J connectivity index is 1.18. The van der Waals surface area contributed by atoms with Crippen LogP contribution >= 0.6 is 0 Å². The second-order valence-corrected chi connectivity index (χ2v) is 12.3. The fourth-order valence-corrected chi connectivity index (χ4v) is 6.38. The van der Waals surface area contributed by atoms with Gasteiger partial charge in [-0.05, 0) is 81.6 Å². The summed E-state index contributed by atoms with van der Waals surface area (Å²) < 4.78 is 20.3. The van der Waals surface area contributed by atoms with Crippen LogP contribution in [0.2, 0.25) is 0 Å². The number of rotatable bonds is 3. The second-order valence-electron chi connectivity index (χ2n) is 12.3. The van der Waals surface area contributed by atoms with Crippen molar-refractivity contribution in [3.05, 3.63) is 65.4 Å². The van der Waals surface area contributed by atoms with Crippen molar-refractivity contribution in [2.45, 2.75) is 71.1 Å². The summed E-state index contributed by atoms with van der Waals surface area (Å²) in [6.07, 6.45) is 0.255. The smallest absolute Gasteiger partial charge is 0.410 e. The Kier molecular flexibility index (Phi) is 6.41. The first-order chi connectivity index (χ1) is 18.6. The Morgan fingerprint density at radius 1 is 1.10 bits per heavy atom. The summed E-state index contributed by atoms with van der Waals surface area (Å²) in [5, 5.41) is 4.56. The number of ether oxygens (including phenoxy) is 1. The van der Waals surface area contributed by atoms with Crippen molar-refractivity contribution in [1.82, 2.24) is 14.8 Å². The van der Waals surface area contributed by atoms with E-state index in [4.69, 9.17) is 4.74 Å². The number of nitrogens with one attached hydrogen (secondary N) is 1. The SMILES string of the molecule is Cc1ccc(N2C[C@@H](C)N3Cc4cc(N[C@H]5CN(C(=O)OC(C)(C)C)C[C@H]5F)ccc4[C@H]3C2)c2cccnc12. The van der Waals surface area contributed by atoms with Crippen LogP contribution in [0.3, 0.4) is 0 Å². The molecule has 3 aromatic rings. The van der Waals surface area contributed by atoms with Gasteiger partial charge in [0.15, 0.2) is 0 Å². The van der Waals surface area contributed by atoms with Gasteiger partial charge in [-0.25, -0.2) is 9.18 Å². The van der Waals surface area contributed by atoms with Crippen LogP contribution in [0, 0.1) is 6.92 Å². The minimum atomic E-state index is -1.15. The highest BCUT2D eigenvalue weighted by Gasteiger charge is 2.40. The Bertz CT molecular complexity index is 1410. The lowest BCUT2D eigenvalue weighted by Gasteiger charge is -2.44. The molecule has 206 valence electrons. The number of piperazine rings is 1. The van der Waals surface area contributed by atoms with E-state index in [0.717, 1.165) is 30.8 Å². The van der Waals surface area contributed by atoms with Gasteiger partial charge in [-0.3, -0.25) is 9.88 Å². The first-order valence-corrected chi connectivity index (χ1v) is 13.9. The molecule has 0 spiro atoms. The van der Waals surface area contributed by atoms with Crippen LogP contribution in [0.4, 0.5) is 20.6 Å². The van der Waals surface area contributed by atoms with Gasteiger partial charge < -0.3 is 19.9 Å². The average molecular weight is 532 g/mol. The molecule has 8 heteroatoms. The number of halogens is 1. The van der Waals surface area contributed by atoms with Crippen LogP contribution < -0.4 is 10.2 Å². The topological polar surface area (TPSA) is 60.9 Å². The van der Waals surface area contributed by atoms with E-state index in [-0.39, 0.29) is 13.1 Å². The molecule has 7 nitrogen and oxygen atoms in total. The van der Waals surface area contributed by atoms with Crippen LogP contribution in [0.25, 0.3) is 10.9 Å². The number of likely N-dealkylation sites (tertiary alicyclic amines) is 1. The molecule has 2 saturated heterocycles. The Morgan fingerprint density at radius 2 is 1.92 bits per heavy atom. The van der Waals surface area contributed by atoms with Crippen molar-refractivity contribution < 1.29 is 13.9 Å². The molecule has 3 aliphatic rings. The van der Waals surface area contributed by atoms with E-state index in [1.54, 1.807) is 0 Å². The number of amides is 1. The first-order valence-electron chi connectivity index (χ1n) is 13.9. The molecule has 1 aromatic heterocycles. The van der Waals surface area contributed by atoms with Crippen LogP contribution in [-0.4, -0.2) is 70.9 Å². The molecule has 39 heavy (non-hydrogen) atoms. The molecule has 0 radical (unpaired) electrons. The van der Waals surface area contributed by atoms with Crippen molar-refractivity contribution in [3.8, 4) is 0 Å². The van der Waals surface area contributed by atoms with Gasteiger partial charge >= 0.3 is 6.09 Å². The summed E-state index contributed by atoms with van der Waals surface area (Å²) in [4.78, 5) is 23.6. The lowest BCUT2D eigenvalue weighted by atomic mass is 9.99. The summed E-state index contributed by atoms with van der Waals surface area (Å²) in [5.74, 6) is 0. The Labute approximate surface area is 229 Å². The number of hydrogen-bond donors (Lipinski definition) is 1. The van der Waals surface area contributed by atoms with E-state index in [2.05, 4.69) is 70.3 Å². The summed E-state index contributed by atoms with van der Waals surface area (Å²) in [7, 11) is 0. The number of anilines is 2. The van der Waals surface area contributed by atoms with Crippen LogP contribution in [-0.2, 0) is 11.3 Å². The van der Waals surface area contributed by atoms with Gasteiger partial charge in [-0.15, -0.1) is 0 Å². The van der Waals surface area contributed by atoms with Crippen molar-refractivity contribution in [3.63, 3.8) is 0 Å². The molecule has 3 aliphatic heterocycles. The molecule has 0 bridgehead atoms. The van der Waals surface area contributed by atoms with E-state index in [9.17, 15) is 9.18 Å². The molecule has 0 saturated carbocycles. The molecule has 4 heterocycles. The average Bonchev–Trinajstić information content (AvgIpc) is 3.44. The molecule has 4 atom stereocenters. The van der Waals surface area contributed by atoms with E-state index in [0.29, 0.717) is 12.1 Å². The highest BCUT2D eigenvalue weighted by molar-refractivity contribution is 5.93. The fraction of sp³-hybridized carbons (Fsp3) is 0.484. The fourth-order valence-electron chi connectivity index (χ4n) is 6.38. The van der Waals surface area contributed by atoms with Gasteiger partial charge in [0.2, 0.25) is 0 Å². The van der Waals surface area contributed by atoms with Gasteiger partial charge in [0, 0.05) is 55.2 Å². The molecule has 1 N–H and O–H groups in total. The van der Waals surface area contributed by atoms with E-state index < -0.39 is 23.9 Å². The predicted molar refractivity (Wildman–Crippen MR) is 153 cm³/mol. The first kappa shape index (κ1) is 25.9. The highest BCUT2D eigenvalue weighted by Crippen LogP contribution is 2.42. The molecule has 6 rings (SSSR count). The summed E-state index contributed by atoms with van der Waals surface area (Å²) >= 11 is 0. The lowest BCUT2D eigenvalue weighted by Crippen LogP contribution is -2.51. The second kappa shape index (κ2) is 9.66. The maximum Gasteiger partial charge on any atom is 0.410 e. The third-order valence-electron chi connectivity index (χ3n) is 8.24. The number of aromatic nitrogens is 1. The minimum absolute atomic E-state index is 0.0456. The minimum Gasteiger partial charge on any atom is -0.444 e. The maximum absolute atomic E-state index is 14.9. The zero-order chi connectivity index (χ0) is 27.5. The predicted octanol–water partition coefficient (Wildman–Crippen LogP) is 5.68. The zero-order valence-electron chi connectivity index (χ0n) is 23.4. The van der Waals surface area contributed by atoms with E-state index >= 15 is 0 Å². The summed E-state index contributed by atoms with van der Waals surface area (Å²) in [6.45, 7) is 13.0. The zero-order valence-corrected chi connectivity index (χ0v) is 23.4. The standard InChI is InChI=1S/C31H38FN5O2/c1-19-8-11-27(24-7-6-12-33-29(19)24)35-14-20(2)37-15-21-13-22(9-10-23(21)28(37)18-35)34-26-17-36(16-25(26)32)30(38)39-31(3,4)5/h6-13,20,25-26,28,34H,14-18H2,1-5H3/t20-,25-,26+,28-/m1/s1. The number of pyridine rings is 1. The Hall–Kier alpha value is -3.39. The molecular weight excluding hydrogens is 493 g/mol. The number of nitrogens with zero attached hydrogens (tertiary/aromatic N) is 4. The number of carbonyl (C=O) groups excluding carboxylic acids is 1. The molecule has 0 aliphatic carbocycles. The quantitative estimate of drug-likeness (QED) is 0.470. The Morgan fingerprint density at radius 3 is 2.72 bits per heavy atom. The normalized spacial score (nSPS) is 25.1. The number of fused-ring (bicyclic) bond motifs is 4. The lowest BCUT2D eigenvalue weighted by molar-refractivity contribution is 0.0283. The van der Waals surface area contributed by atoms with Crippen molar-refractivity contribution in [2.24, 2.45) is 0 Å². The van der Waals surface area contributed by atoms with Crippen LogP contribution in [0.5, 0.6) is 0 Å². The maximum atomic E-state index is 14.9. The molecular formula is C31H38FN5O2. The molecule has 2 fully saturated rings. The van der Waals surface area contributed by atoms with Gasteiger partial charge in [-0.1, -0.05) is 12.1 Å². The number of aryl methyl sites for hydroxylation is 1. The third-order valence-corrected chi connectivity index (χ3v) is 8.24. The van der Waals surface area contributed by atoms with Gasteiger partial charge in [0.05, 0.1) is 24.1 Å². The monoisotopic (exact) mass is 531 g/mol. The highest BCUT2D eigenvalue weighted by atomic mass is 19.1. The number of carbonyl (C=O) groups is 1. The summed E-state index contributed by atoms with van der Waals surface area (Å²) in [6, 6.07) is 15.2. The largest absolute Gasteiger partial charge is 0.444 e.